The van der Waals surface area contributed by atoms with Gasteiger partial charge < -0.3 is 11.1 Å². The third-order valence-electron chi connectivity index (χ3n) is 2.94. The molecule has 1 saturated carbocycles. The van der Waals surface area contributed by atoms with E-state index >= 15 is 0 Å². The minimum Gasteiger partial charge on any atom is -0.352 e. The molecule has 3 N–H and O–H groups in total. The lowest BCUT2D eigenvalue weighted by atomic mass is 9.81. The van der Waals surface area contributed by atoms with Crippen molar-refractivity contribution < 1.29 is 9.18 Å². The Bertz CT molecular complexity index is 388. The van der Waals surface area contributed by atoms with Crippen LogP contribution in [0.3, 0.4) is 0 Å². The van der Waals surface area contributed by atoms with Crippen LogP contribution < -0.4 is 11.1 Å². The molecule has 0 bridgehead atoms. The maximum absolute atomic E-state index is 13.2. The van der Waals surface area contributed by atoms with Crippen LogP contribution in [-0.2, 0) is 0 Å². The Morgan fingerprint density at radius 1 is 1.44 bits per heavy atom. The Morgan fingerprint density at radius 2 is 2.12 bits per heavy atom. The fourth-order valence-corrected chi connectivity index (χ4v) is 1.93. The third-order valence-corrected chi connectivity index (χ3v) is 2.94. The van der Waals surface area contributed by atoms with Crippen LogP contribution in [0.4, 0.5) is 4.39 Å². The Kier molecular flexibility index (Phi) is 3.19. The summed E-state index contributed by atoms with van der Waals surface area (Å²) in [5.41, 5.74) is 5.74. The summed E-state index contributed by atoms with van der Waals surface area (Å²) in [7, 11) is 0. The van der Waals surface area contributed by atoms with Crippen LogP contribution in [0.1, 0.15) is 23.2 Å². The minimum atomic E-state index is -0.481. The highest BCUT2D eigenvalue weighted by Gasteiger charge is 2.26. The zero-order chi connectivity index (χ0) is 11.5. The summed E-state index contributed by atoms with van der Waals surface area (Å²) < 4.78 is 13.2. The Morgan fingerprint density at radius 3 is 2.75 bits per heavy atom. The van der Waals surface area contributed by atoms with Crippen LogP contribution in [0.25, 0.3) is 0 Å². The SMILES string of the molecule is NC1CC(CNC(=O)c2ccccc2F)C1. The van der Waals surface area contributed by atoms with Crippen LogP contribution in [0.15, 0.2) is 24.3 Å². The first-order valence-corrected chi connectivity index (χ1v) is 5.45. The average Bonchev–Trinajstić information content (AvgIpc) is 2.23. The van der Waals surface area contributed by atoms with Crippen LogP contribution in [0, 0.1) is 11.7 Å². The Labute approximate surface area is 93.8 Å². The molecule has 16 heavy (non-hydrogen) atoms. The molecule has 1 aromatic rings. The van der Waals surface area contributed by atoms with Gasteiger partial charge in [0, 0.05) is 12.6 Å². The second-order valence-electron chi connectivity index (χ2n) is 4.29. The number of hydrogen-bond donors (Lipinski definition) is 2. The lowest BCUT2D eigenvalue weighted by molar-refractivity contribution is 0.0931. The van der Waals surface area contributed by atoms with Gasteiger partial charge in [-0.1, -0.05) is 12.1 Å². The predicted molar refractivity (Wildman–Crippen MR) is 59.4 cm³/mol. The van der Waals surface area contributed by atoms with Crippen molar-refractivity contribution >= 4 is 5.91 Å². The molecule has 1 amide bonds. The highest BCUT2D eigenvalue weighted by Crippen LogP contribution is 2.24. The van der Waals surface area contributed by atoms with Crippen LogP contribution in [0.2, 0.25) is 0 Å². The summed E-state index contributed by atoms with van der Waals surface area (Å²) >= 11 is 0. The molecule has 0 spiro atoms. The molecule has 0 aromatic heterocycles. The van der Waals surface area contributed by atoms with E-state index < -0.39 is 5.82 Å². The first-order valence-electron chi connectivity index (χ1n) is 5.45. The van der Waals surface area contributed by atoms with Crippen molar-refractivity contribution in [3.8, 4) is 0 Å². The molecule has 0 atom stereocenters. The van der Waals surface area contributed by atoms with Gasteiger partial charge in [-0.15, -0.1) is 0 Å². The lowest BCUT2D eigenvalue weighted by Gasteiger charge is -2.32. The monoisotopic (exact) mass is 222 g/mol. The number of nitrogens with two attached hydrogens (primary N) is 1. The molecule has 1 aliphatic rings. The van der Waals surface area contributed by atoms with E-state index in [1.54, 1.807) is 12.1 Å². The summed E-state index contributed by atoms with van der Waals surface area (Å²) in [6.45, 7) is 0.584. The van der Waals surface area contributed by atoms with Crippen molar-refractivity contribution in [2.24, 2.45) is 11.7 Å². The van der Waals surface area contributed by atoms with Crippen LogP contribution in [-0.4, -0.2) is 18.5 Å². The topological polar surface area (TPSA) is 55.1 Å². The van der Waals surface area contributed by atoms with E-state index in [4.69, 9.17) is 5.73 Å². The van der Waals surface area contributed by atoms with Gasteiger partial charge >= 0.3 is 0 Å². The number of carbonyl (C=O) groups excluding carboxylic acids is 1. The van der Waals surface area contributed by atoms with Gasteiger partial charge in [-0.05, 0) is 30.9 Å². The fourth-order valence-electron chi connectivity index (χ4n) is 1.93. The number of amides is 1. The van der Waals surface area contributed by atoms with Gasteiger partial charge in [0.15, 0.2) is 0 Å². The van der Waals surface area contributed by atoms with E-state index in [0.29, 0.717) is 12.5 Å². The summed E-state index contributed by atoms with van der Waals surface area (Å²) in [5, 5.41) is 2.73. The van der Waals surface area contributed by atoms with Gasteiger partial charge in [-0.3, -0.25) is 4.79 Å². The van der Waals surface area contributed by atoms with E-state index in [-0.39, 0.29) is 17.5 Å². The largest absolute Gasteiger partial charge is 0.352 e. The summed E-state index contributed by atoms with van der Waals surface area (Å²) in [6, 6.07) is 6.26. The number of nitrogens with one attached hydrogen (secondary N) is 1. The summed E-state index contributed by atoms with van der Waals surface area (Å²) in [6.07, 6.45) is 1.88. The maximum Gasteiger partial charge on any atom is 0.254 e. The molecule has 1 fully saturated rings. The molecule has 0 radical (unpaired) electrons. The molecule has 3 nitrogen and oxygen atoms in total. The fraction of sp³-hybridized carbons (Fsp3) is 0.417. The van der Waals surface area contributed by atoms with Crippen molar-refractivity contribution in [3.63, 3.8) is 0 Å². The van der Waals surface area contributed by atoms with Gasteiger partial charge in [0.1, 0.15) is 5.82 Å². The van der Waals surface area contributed by atoms with E-state index in [1.807, 2.05) is 0 Å². The van der Waals surface area contributed by atoms with E-state index in [1.165, 1.54) is 12.1 Å². The molecule has 2 rings (SSSR count). The van der Waals surface area contributed by atoms with Crippen molar-refractivity contribution in [1.82, 2.24) is 5.32 Å². The van der Waals surface area contributed by atoms with Crippen molar-refractivity contribution in [3.05, 3.63) is 35.6 Å². The molecule has 0 aliphatic heterocycles. The summed E-state index contributed by atoms with van der Waals surface area (Å²) in [5.74, 6) is -0.380. The molecule has 0 heterocycles. The minimum absolute atomic E-state index is 0.103. The predicted octanol–water partition coefficient (Wildman–Crippen LogP) is 1.29. The molecular formula is C12H15FN2O. The zero-order valence-electron chi connectivity index (χ0n) is 8.95. The maximum atomic E-state index is 13.2. The molecule has 1 aliphatic carbocycles. The van der Waals surface area contributed by atoms with Crippen LogP contribution in [0.5, 0.6) is 0 Å². The van der Waals surface area contributed by atoms with Gasteiger partial charge in [0.05, 0.1) is 5.56 Å². The highest BCUT2D eigenvalue weighted by atomic mass is 19.1. The van der Waals surface area contributed by atoms with Crippen molar-refractivity contribution in [1.29, 1.82) is 0 Å². The van der Waals surface area contributed by atoms with Crippen LogP contribution >= 0.6 is 0 Å². The lowest BCUT2D eigenvalue weighted by Crippen LogP contribution is -2.42. The Balaban J connectivity index is 1.86. The highest BCUT2D eigenvalue weighted by molar-refractivity contribution is 5.94. The number of benzene rings is 1. The number of rotatable bonds is 3. The van der Waals surface area contributed by atoms with Gasteiger partial charge in [-0.25, -0.2) is 4.39 Å². The first-order chi connectivity index (χ1) is 7.66. The van der Waals surface area contributed by atoms with Gasteiger partial charge in [0.2, 0.25) is 0 Å². The number of halogens is 1. The molecule has 86 valence electrons. The quantitative estimate of drug-likeness (QED) is 0.809. The second-order valence-corrected chi connectivity index (χ2v) is 4.29. The van der Waals surface area contributed by atoms with E-state index in [0.717, 1.165) is 12.8 Å². The van der Waals surface area contributed by atoms with E-state index in [2.05, 4.69) is 5.32 Å². The molecule has 1 aromatic carbocycles. The second kappa shape index (κ2) is 4.61. The standard InChI is InChI=1S/C12H15FN2O/c13-11-4-2-1-3-10(11)12(16)15-7-8-5-9(14)6-8/h1-4,8-9H,5-7,14H2,(H,15,16). The molecule has 0 saturated heterocycles. The van der Waals surface area contributed by atoms with Crippen molar-refractivity contribution in [2.45, 2.75) is 18.9 Å². The number of carbonyl (C=O) groups is 1. The van der Waals surface area contributed by atoms with Crippen molar-refractivity contribution in [2.75, 3.05) is 6.54 Å². The molecule has 4 heteroatoms. The third kappa shape index (κ3) is 2.39. The molecule has 0 unspecified atom stereocenters. The van der Waals surface area contributed by atoms with Gasteiger partial charge in [-0.2, -0.15) is 0 Å². The normalized spacial score (nSPS) is 23.6. The average molecular weight is 222 g/mol. The van der Waals surface area contributed by atoms with E-state index in [9.17, 15) is 9.18 Å². The smallest absolute Gasteiger partial charge is 0.254 e. The molecular weight excluding hydrogens is 207 g/mol. The summed E-state index contributed by atoms with van der Waals surface area (Å²) in [4.78, 5) is 11.6. The Hall–Kier alpha value is -1.42. The van der Waals surface area contributed by atoms with Gasteiger partial charge in [0.25, 0.3) is 5.91 Å². The number of hydrogen-bond acceptors (Lipinski definition) is 2. The first kappa shape index (κ1) is 11.1. The zero-order valence-corrected chi connectivity index (χ0v) is 8.95.